The average molecular weight is 322 g/mol. The summed E-state index contributed by atoms with van der Waals surface area (Å²) in [6, 6.07) is 5.13. The van der Waals surface area contributed by atoms with Gasteiger partial charge in [-0.05, 0) is 12.1 Å². The summed E-state index contributed by atoms with van der Waals surface area (Å²) in [7, 11) is 0. The molecule has 10 heteroatoms. The smallest absolute Gasteiger partial charge is 0.303 e. The normalized spacial score (nSPS) is 10.2. The first-order valence-electron chi connectivity index (χ1n) is 6.05. The Bertz CT molecular complexity index is 713. The van der Waals surface area contributed by atoms with Crippen molar-refractivity contribution in [1.29, 1.82) is 0 Å². The Morgan fingerprint density at radius 2 is 1.95 bits per heavy atom. The molecule has 2 N–H and O–H groups in total. The first kappa shape index (κ1) is 15.5. The number of anilines is 1. The molecule has 0 saturated carbocycles. The van der Waals surface area contributed by atoms with E-state index < -0.39 is 16.8 Å². The third-order valence-electron chi connectivity index (χ3n) is 2.58. The Balaban J connectivity index is 1.99. The van der Waals surface area contributed by atoms with Crippen molar-refractivity contribution in [2.75, 3.05) is 5.32 Å². The minimum atomic E-state index is -0.938. The Hall–Kier alpha value is -2.88. The molecule has 0 fully saturated rings. The van der Waals surface area contributed by atoms with Crippen LogP contribution >= 0.6 is 11.3 Å². The maximum atomic E-state index is 11.9. The van der Waals surface area contributed by atoms with Gasteiger partial charge in [-0.3, -0.25) is 25.0 Å². The second-order valence-corrected chi connectivity index (χ2v) is 5.21. The molecule has 0 spiro atoms. The Kier molecular flexibility index (Phi) is 4.73. The second kappa shape index (κ2) is 6.72. The number of benzene rings is 1. The molecule has 1 aromatic carbocycles. The highest BCUT2D eigenvalue weighted by Crippen LogP contribution is 2.18. The van der Waals surface area contributed by atoms with E-state index in [0.29, 0.717) is 5.01 Å². The van der Waals surface area contributed by atoms with Crippen molar-refractivity contribution in [3.8, 4) is 0 Å². The number of nitro benzene ring substituents is 1. The third-order valence-corrected chi connectivity index (χ3v) is 3.48. The number of amides is 1. The van der Waals surface area contributed by atoms with Crippen molar-refractivity contribution in [2.45, 2.75) is 12.8 Å². The number of nitrogens with one attached hydrogen (secondary N) is 1. The number of carbonyl (C=O) groups excluding carboxylic acids is 1. The Morgan fingerprint density at radius 1 is 1.27 bits per heavy atom. The number of rotatable bonds is 6. The molecule has 2 aromatic rings. The lowest BCUT2D eigenvalue weighted by Gasteiger charge is -2.00. The average Bonchev–Trinajstić information content (AvgIpc) is 2.92. The van der Waals surface area contributed by atoms with Gasteiger partial charge in [-0.25, -0.2) is 0 Å². The van der Waals surface area contributed by atoms with Gasteiger partial charge in [0.2, 0.25) is 5.13 Å². The van der Waals surface area contributed by atoms with Crippen LogP contribution in [0.15, 0.2) is 24.3 Å². The highest BCUT2D eigenvalue weighted by Gasteiger charge is 2.12. The fraction of sp³-hybridized carbons (Fsp3) is 0.167. The first-order chi connectivity index (χ1) is 10.5. The van der Waals surface area contributed by atoms with Crippen LogP contribution in [0, 0.1) is 10.1 Å². The van der Waals surface area contributed by atoms with E-state index in [2.05, 4.69) is 15.5 Å². The number of carboxylic acids is 1. The quantitative estimate of drug-likeness (QED) is 0.610. The van der Waals surface area contributed by atoms with Gasteiger partial charge in [0, 0.05) is 24.1 Å². The summed E-state index contributed by atoms with van der Waals surface area (Å²) in [6.45, 7) is 0. The fourth-order valence-corrected chi connectivity index (χ4v) is 2.26. The van der Waals surface area contributed by atoms with Crippen molar-refractivity contribution in [3.05, 3.63) is 45.0 Å². The topological polar surface area (TPSA) is 135 Å². The van der Waals surface area contributed by atoms with Crippen LogP contribution in [0.1, 0.15) is 21.8 Å². The van der Waals surface area contributed by atoms with Gasteiger partial charge in [0.1, 0.15) is 5.01 Å². The molecular weight excluding hydrogens is 312 g/mol. The number of nitrogens with zero attached hydrogens (tertiary/aromatic N) is 3. The van der Waals surface area contributed by atoms with Crippen LogP contribution in [0.25, 0.3) is 0 Å². The molecule has 0 aliphatic heterocycles. The Labute approximate surface area is 127 Å². The van der Waals surface area contributed by atoms with E-state index in [4.69, 9.17) is 5.11 Å². The zero-order chi connectivity index (χ0) is 16.1. The van der Waals surface area contributed by atoms with Gasteiger partial charge >= 0.3 is 5.97 Å². The lowest BCUT2D eigenvalue weighted by molar-refractivity contribution is -0.384. The summed E-state index contributed by atoms with van der Waals surface area (Å²) in [5.41, 5.74) is 0.135. The van der Waals surface area contributed by atoms with Crippen molar-refractivity contribution in [1.82, 2.24) is 10.2 Å². The van der Waals surface area contributed by atoms with Crippen LogP contribution in [0.3, 0.4) is 0 Å². The highest BCUT2D eigenvalue weighted by atomic mass is 32.1. The fourth-order valence-electron chi connectivity index (χ4n) is 1.52. The number of carboxylic acid groups (broad SMARTS) is 1. The predicted molar refractivity (Wildman–Crippen MR) is 76.9 cm³/mol. The molecule has 0 aliphatic rings. The van der Waals surface area contributed by atoms with Crippen LogP contribution in [-0.2, 0) is 11.2 Å². The van der Waals surface area contributed by atoms with Gasteiger partial charge in [0.15, 0.2) is 0 Å². The summed E-state index contributed by atoms with van der Waals surface area (Å²) < 4.78 is 0. The summed E-state index contributed by atoms with van der Waals surface area (Å²) in [5.74, 6) is -1.41. The number of aliphatic carboxylic acids is 1. The van der Waals surface area contributed by atoms with Gasteiger partial charge in [-0.2, -0.15) is 0 Å². The summed E-state index contributed by atoms with van der Waals surface area (Å²) in [6.07, 6.45) is 0.172. The number of hydrogen-bond donors (Lipinski definition) is 2. The van der Waals surface area contributed by atoms with Crippen molar-refractivity contribution >= 4 is 34.0 Å². The van der Waals surface area contributed by atoms with Crippen molar-refractivity contribution in [2.24, 2.45) is 0 Å². The van der Waals surface area contributed by atoms with E-state index >= 15 is 0 Å². The van der Waals surface area contributed by atoms with E-state index in [9.17, 15) is 19.7 Å². The SMILES string of the molecule is O=C(O)CCc1nnc(NC(=O)c2ccc([N+](=O)[O-])cc2)s1. The third kappa shape index (κ3) is 4.06. The molecule has 2 rings (SSSR count). The summed E-state index contributed by atoms with van der Waals surface area (Å²) in [5, 5.41) is 29.9. The zero-order valence-electron chi connectivity index (χ0n) is 11.1. The standard InChI is InChI=1S/C12H10N4O5S/c17-10(18)6-5-9-14-15-12(22-9)13-11(19)7-1-3-8(4-2-7)16(20)21/h1-4H,5-6H2,(H,17,18)(H,13,15,19). The maximum Gasteiger partial charge on any atom is 0.303 e. The van der Waals surface area contributed by atoms with E-state index in [1.54, 1.807) is 0 Å². The Morgan fingerprint density at radius 3 is 2.55 bits per heavy atom. The van der Waals surface area contributed by atoms with Gasteiger partial charge in [-0.1, -0.05) is 11.3 Å². The van der Waals surface area contributed by atoms with Gasteiger partial charge in [0.05, 0.1) is 11.3 Å². The number of hydrogen-bond acceptors (Lipinski definition) is 7. The minimum absolute atomic E-state index is 0.0646. The largest absolute Gasteiger partial charge is 0.481 e. The zero-order valence-corrected chi connectivity index (χ0v) is 11.9. The van der Waals surface area contributed by atoms with Crippen molar-refractivity contribution < 1.29 is 19.6 Å². The minimum Gasteiger partial charge on any atom is -0.481 e. The lowest BCUT2D eigenvalue weighted by Crippen LogP contribution is -2.11. The molecule has 0 unspecified atom stereocenters. The maximum absolute atomic E-state index is 11.9. The lowest BCUT2D eigenvalue weighted by atomic mass is 10.2. The van der Waals surface area contributed by atoms with Crippen LogP contribution in [0.4, 0.5) is 10.8 Å². The molecule has 0 atom stereocenters. The van der Waals surface area contributed by atoms with Crippen LogP contribution in [-0.4, -0.2) is 32.1 Å². The van der Waals surface area contributed by atoms with Gasteiger partial charge < -0.3 is 5.11 Å². The van der Waals surface area contributed by atoms with E-state index in [0.717, 1.165) is 11.3 Å². The molecule has 9 nitrogen and oxygen atoms in total. The van der Waals surface area contributed by atoms with Crippen LogP contribution in [0.5, 0.6) is 0 Å². The van der Waals surface area contributed by atoms with Crippen LogP contribution in [0.2, 0.25) is 0 Å². The number of aromatic nitrogens is 2. The number of carbonyl (C=O) groups is 2. The molecule has 1 amide bonds. The van der Waals surface area contributed by atoms with Gasteiger partial charge in [0.25, 0.3) is 11.6 Å². The van der Waals surface area contributed by atoms with Crippen LogP contribution < -0.4 is 5.32 Å². The molecular formula is C12H10N4O5S. The molecule has 0 bridgehead atoms. The van der Waals surface area contributed by atoms with Crippen molar-refractivity contribution in [3.63, 3.8) is 0 Å². The first-order valence-corrected chi connectivity index (χ1v) is 6.87. The molecule has 1 heterocycles. The second-order valence-electron chi connectivity index (χ2n) is 4.15. The summed E-state index contributed by atoms with van der Waals surface area (Å²) >= 11 is 1.08. The number of non-ortho nitro benzene ring substituents is 1. The molecule has 1 aromatic heterocycles. The predicted octanol–water partition coefficient (Wildman–Crippen LogP) is 1.72. The molecule has 22 heavy (non-hydrogen) atoms. The summed E-state index contributed by atoms with van der Waals surface area (Å²) in [4.78, 5) is 32.4. The van der Waals surface area contributed by atoms with Gasteiger partial charge in [-0.15, -0.1) is 10.2 Å². The van der Waals surface area contributed by atoms with E-state index in [1.165, 1.54) is 24.3 Å². The molecule has 0 saturated heterocycles. The van der Waals surface area contributed by atoms with E-state index in [-0.39, 0.29) is 29.2 Å². The number of aryl methyl sites for hydroxylation is 1. The number of nitro groups is 1. The monoisotopic (exact) mass is 322 g/mol. The molecule has 114 valence electrons. The molecule has 0 aliphatic carbocycles. The van der Waals surface area contributed by atoms with E-state index in [1.807, 2.05) is 0 Å². The molecule has 0 radical (unpaired) electrons. The highest BCUT2D eigenvalue weighted by molar-refractivity contribution is 7.15.